The molecule has 5 rings (SSSR count). The van der Waals surface area contributed by atoms with Crippen LogP contribution in [-0.2, 0) is 5.75 Å². The van der Waals surface area contributed by atoms with Crippen LogP contribution in [0.15, 0.2) is 94.6 Å². The molecule has 0 atom stereocenters. The predicted octanol–water partition coefficient (Wildman–Crippen LogP) is 5.29. The number of methoxy groups -OCH3 is 1. The van der Waals surface area contributed by atoms with E-state index in [-0.39, 0.29) is 0 Å². The largest absolute Gasteiger partial charge is 0.497 e. The van der Waals surface area contributed by atoms with E-state index in [1.54, 1.807) is 7.11 Å². The Morgan fingerprint density at radius 2 is 1.53 bits per heavy atom. The zero-order valence-corrected chi connectivity index (χ0v) is 18.1. The number of rotatable bonds is 7. The van der Waals surface area contributed by atoms with E-state index < -0.39 is 0 Å². The minimum Gasteiger partial charge on any atom is -0.497 e. The van der Waals surface area contributed by atoms with E-state index in [2.05, 4.69) is 20.3 Å². The van der Waals surface area contributed by atoms with Gasteiger partial charge in [0.15, 0.2) is 11.0 Å². The van der Waals surface area contributed by atoms with Gasteiger partial charge >= 0.3 is 0 Å². The minimum atomic E-state index is 0.475. The predicted molar refractivity (Wildman–Crippen MR) is 123 cm³/mol. The Morgan fingerprint density at radius 3 is 2.22 bits per heavy atom. The third-order valence-corrected chi connectivity index (χ3v) is 5.73. The topological polar surface area (TPSA) is 78.9 Å². The van der Waals surface area contributed by atoms with Gasteiger partial charge in [-0.05, 0) is 24.3 Å². The van der Waals surface area contributed by atoms with Crippen LogP contribution in [0, 0.1) is 0 Å². The molecular weight excluding hydrogens is 422 g/mol. The third kappa shape index (κ3) is 4.13. The smallest absolute Gasteiger partial charge is 0.237 e. The summed E-state index contributed by atoms with van der Waals surface area (Å²) in [5, 5.41) is 13.7. The first-order valence-electron chi connectivity index (χ1n) is 9.98. The Hall–Kier alpha value is -3.91. The second-order valence-corrected chi connectivity index (χ2v) is 7.81. The van der Waals surface area contributed by atoms with Crippen LogP contribution in [0.1, 0.15) is 5.89 Å². The van der Waals surface area contributed by atoms with E-state index in [0.717, 1.165) is 33.5 Å². The van der Waals surface area contributed by atoms with Gasteiger partial charge in [-0.1, -0.05) is 77.6 Å². The van der Waals surface area contributed by atoms with E-state index in [9.17, 15) is 0 Å². The molecule has 0 spiro atoms. The summed E-state index contributed by atoms with van der Waals surface area (Å²) in [4.78, 5) is 4.51. The highest BCUT2D eigenvalue weighted by molar-refractivity contribution is 7.98. The summed E-state index contributed by atoms with van der Waals surface area (Å²) in [6, 6.07) is 27.5. The summed E-state index contributed by atoms with van der Waals surface area (Å²) >= 11 is 1.49. The molecule has 0 N–H and O–H groups in total. The molecule has 0 aliphatic carbocycles. The van der Waals surface area contributed by atoms with Crippen LogP contribution in [0.4, 0.5) is 0 Å². The summed E-state index contributed by atoms with van der Waals surface area (Å²) in [6.07, 6.45) is 0. The highest BCUT2D eigenvalue weighted by Crippen LogP contribution is 2.30. The normalized spacial score (nSPS) is 10.9. The maximum absolute atomic E-state index is 5.45. The number of aromatic nitrogens is 5. The van der Waals surface area contributed by atoms with Gasteiger partial charge in [0.2, 0.25) is 11.7 Å². The summed E-state index contributed by atoms with van der Waals surface area (Å²) in [7, 11) is 1.65. The molecule has 5 aromatic rings. The SMILES string of the molecule is COc1ccc(-n2c(SCc3nc(-c4ccccc4)no3)nnc2-c2ccccc2)cc1. The molecule has 0 aliphatic rings. The monoisotopic (exact) mass is 441 g/mol. The molecule has 32 heavy (non-hydrogen) atoms. The summed E-state index contributed by atoms with van der Waals surface area (Å²) < 4.78 is 12.8. The van der Waals surface area contributed by atoms with Gasteiger partial charge in [-0.15, -0.1) is 10.2 Å². The maximum Gasteiger partial charge on any atom is 0.237 e. The fourth-order valence-electron chi connectivity index (χ4n) is 3.25. The van der Waals surface area contributed by atoms with Crippen molar-refractivity contribution in [3.05, 3.63) is 90.8 Å². The van der Waals surface area contributed by atoms with Crippen LogP contribution in [0.25, 0.3) is 28.5 Å². The number of hydrogen-bond acceptors (Lipinski definition) is 7. The Kier molecular flexibility index (Phi) is 5.67. The first-order chi connectivity index (χ1) is 15.8. The average molecular weight is 442 g/mol. The van der Waals surface area contributed by atoms with Crippen molar-refractivity contribution in [3.63, 3.8) is 0 Å². The van der Waals surface area contributed by atoms with Gasteiger partial charge in [-0.25, -0.2) is 0 Å². The van der Waals surface area contributed by atoms with E-state index >= 15 is 0 Å². The highest BCUT2D eigenvalue weighted by Gasteiger charge is 2.18. The molecule has 0 saturated carbocycles. The fourth-order valence-corrected chi connectivity index (χ4v) is 4.04. The van der Waals surface area contributed by atoms with Crippen molar-refractivity contribution in [2.75, 3.05) is 7.11 Å². The van der Waals surface area contributed by atoms with E-state index in [1.165, 1.54) is 11.8 Å². The van der Waals surface area contributed by atoms with Crippen LogP contribution in [0.3, 0.4) is 0 Å². The molecule has 0 radical (unpaired) electrons. The zero-order valence-electron chi connectivity index (χ0n) is 17.3. The van der Waals surface area contributed by atoms with Crippen LogP contribution < -0.4 is 4.74 Å². The number of ether oxygens (including phenoxy) is 1. The van der Waals surface area contributed by atoms with Gasteiger partial charge in [-0.3, -0.25) is 4.57 Å². The Balaban J connectivity index is 1.45. The molecule has 7 nitrogen and oxygen atoms in total. The summed E-state index contributed by atoms with van der Waals surface area (Å²) in [6.45, 7) is 0. The van der Waals surface area contributed by atoms with Crippen molar-refractivity contribution < 1.29 is 9.26 Å². The van der Waals surface area contributed by atoms with Gasteiger partial charge in [-0.2, -0.15) is 4.98 Å². The molecule has 158 valence electrons. The Bertz CT molecular complexity index is 1300. The van der Waals surface area contributed by atoms with Gasteiger partial charge in [0.1, 0.15) is 5.75 Å². The van der Waals surface area contributed by atoms with Gasteiger partial charge in [0, 0.05) is 16.8 Å². The van der Waals surface area contributed by atoms with Crippen molar-refractivity contribution in [3.8, 4) is 34.2 Å². The molecule has 3 aromatic carbocycles. The van der Waals surface area contributed by atoms with E-state index in [0.29, 0.717) is 17.5 Å². The molecule has 2 aromatic heterocycles. The molecule has 2 heterocycles. The number of nitrogens with zero attached hydrogens (tertiary/aromatic N) is 5. The van der Waals surface area contributed by atoms with Crippen LogP contribution in [0.5, 0.6) is 5.75 Å². The van der Waals surface area contributed by atoms with Gasteiger partial charge in [0.25, 0.3) is 0 Å². The van der Waals surface area contributed by atoms with Crippen LogP contribution in [-0.4, -0.2) is 32.0 Å². The molecule has 0 fully saturated rings. The molecule has 0 unspecified atom stereocenters. The lowest BCUT2D eigenvalue weighted by molar-refractivity contribution is 0.391. The second-order valence-electron chi connectivity index (χ2n) is 6.87. The molecule has 0 aliphatic heterocycles. The van der Waals surface area contributed by atoms with Crippen LogP contribution in [0.2, 0.25) is 0 Å². The first kappa shape index (κ1) is 20.0. The quantitative estimate of drug-likeness (QED) is 0.318. The number of hydrogen-bond donors (Lipinski definition) is 0. The Morgan fingerprint density at radius 1 is 0.844 bits per heavy atom. The van der Waals surface area contributed by atoms with Crippen molar-refractivity contribution in [2.24, 2.45) is 0 Å². The molecular formula is C24H19N5O2S. The molecule has 0 saturated heterocycles. The molecule has 0 amide bonds. The third-order valence-electron chi connectivity index (χ3n) is 4.82. The van der Waals surface area contributed by atoms with Gasteiger partial charge < -0.3 is 9.26 Å². The van der Waals surface area contributed by atoms with Crippen molar-refractivity contribution in [2.45, 2.75) is 10.9 Å². The van der Waals surface area contributed by atoms with E-state index in [1.807, 2.05) is 89.5 Å². The van der Waals surface area contributed by atoms with Crippen molar-refractivity contribution in [1.29, 1.82) is 0 Å². The Labute approximate surface area is 189 Å². The minimum absolute atomic E-state index is 0.475. The number of benzene rings is 3. The maximum atomic E-state index is 5.45. The van der Waals surface area contributed by atoms with E-state index in [4.69, 9.17) is 9.26 Å². The lowest BCUT2D eigenvalue weighted by Crippen LogP contribution is -2.00. The fraction of sp³-hybridized carbons (Fsp3) is 0.0833. The molecule has 0 bridgehead atoms. The lowest BCUT2D eigenvalue weighted by atomic mass is 10.2. The standard InChI is InChI=1S/C24H19N5O2S/c1-30-20-14-12-19(13-15-20)29-23(18-10-6-3-7-11-18)26-27-24(29)32-16-21-25-22(28-31-21)17-8-4-2-5-9-17/h2-15H,16H2,1H3. The summed E-state index contributed by atoms with van der Waals surface area (Å²) in [5.74, 6) is 3.12. The first-order valence-corrected chi connectivity index (χ1v) is 11.0. The average Bonchev–Trinajstić information content (AvgIpc) is 3.51. The molecule has 8 heteroatoms. The van der Waals surface area contributed by atoms with Crippen molar-refractivity contribution >= 4 is 11.8 Å². The second kappa shape index (κ2) is 9.07. The van der Waals surface area contributed by atoms with Crippen LogP contribution >= 0.6 is 11.8 Å². The summed E-state index contributed by atoms with van der Waals surface area (Å²) in [5.41, 5.74) is 2.83. The number of thioether (sulfide) groups is 1. The van der Waals surface area contributed by atoms with Gasteiger partial charge in [0.05, 0.1) is 12.9 Å². The highest BCUT2D eigenvalue weighted by atomic mass is 32.2. The van der Waals surface area contributed by atoms with Crippen molar-refractivity contribution in [1.82, 2.24) is 24.9 Å². The zero-order chi connectivity index (χ0) is 21.8. The lowest BCUT2D eigenvalue weighted by Gasteiger charge is -2.10.